The lowest BCUT2D eigenvalue weighted by Gasteiger charge is -2.38. The van der Waals surface area contributed by atoms with E-state index in [2.05, 4.69) is 33.4 Å². The first-order valence-corrected chi connectivity index (χ1v) is 5.43. The van der Waals surface area contributed by atoms with Crippen molar-refractivity contribution in [2.45, 2.75) is 45.6 Å². The smallest absolute Gasteiger partial charge is 0.0856 e. The van der Waals surface area contributed by atoms with Crippen LogP contribution in [-0.4, -0.2) is 10.7 Å². The van der Waals surface area contributed by atoms with E-state index in [4.69, 9.17) is 0 Å². The van der Waals surface area contributed by atoms with E-state index >= 15 is 0 Å². The Morgan fingerprint density at radius 3 is 2.50 bits per heavy atom. The molecule has 1 aliphatic rings. The lowest BCUT2D eigenvalue weighted by molar-refractivity contribution is 0.0119. The van der Waals surface area contributed by atoms with Gasteiger partial charge in [0.05, 0.1) is 5.60 Å². The Hall–Kier alpha value is -0.560. The molecule has 0 fully saturated rings. The molecule has 0 heterocycles. The summed E-state index contributed by atoms with van der Waals surface area (Å²) in [5.41, 5.74) is -0.357. The fourth-order valence-electron chi connectivity index (χ4n) is 1.92. The van der Waals surface area contributed by atoms with Gasteiger partial charge in [0.15, 0.2) is 0 Å². The van der Waals surface area contributed by atoms with E-state index in [1.54, 1.807) is 0 Å². The standard InChI is InChI=1S/C13H22O/c1-5-6-11(2)13(14)9-7-12(3,4)8-10-13/h5,7,9,11,14H,1,6,8,10H2,2-4H3. The molecule has 80 valence electrons. The Bertz CT molecular complexity index is 240. The molecular weight excluding hydrogens is 172 g/mol. The van der Waals surface area contributed by atoms with E-state index in [1.165, 1.54) is 0 Å². The van der Waals surface area contributed by atoms with Crippen LogP contribution < -0.4 is 0 Å². The normalized spacial score (nSPS) is 32.6. The molecule has 1 N–H and O–H groups in total. The molecular formula is C13H22O. The van der Waals surface area contributed by atoms with Gasteiger partial charge in [0.1, 0.15) is 0 Å². The molecule has 0 spiro atoms. The first-order chi connectivity index (χ1) is 6.40. The van der Waals surface area contributed by atoms with Gasteiger partial charge in [-0.1, -0.05) is 39.0 Å². The number of aliphatic hydroxyl groups is 1. The minimum Gasteiger partial charge on any atom is -0.386 e. The van der Waals surface area contributed by atoms with Crippen LogP contribution >= 0.6 is 0 Å². The van der Waals surface area contributed by atoms with Gasteiger partial charge >= 0.3 is 0 Å². The predicted molar refractivity (Wildman–Crippen MR) is 61.1 cm³/mol. The number of hydrogen-bond donors (Lipinski definition) is 1. The van der Waals surface area contributed by atoms with E-state index in [-0.39, 0.29) is 11.3 Å². The maximum absolute atomic E-state index is 10.4. The molecule has 0 aromatic carbocycles. The third-order valence-electron chi connectivity index (χ3n) is 3.37. The Labute approximate surface area is 87.5 Å². The Balaban J connectivity index is 2.73. The molecule has 1 rings (SSSR count). The van der Waals surface area contributed by atoms with E-state index in [0.717, 1.165) is 19.3 Å². The zero-order chi connectivity index (χ0) is 10.8. The van der Waals surface area contributed by atoms with Gasteiger partial charge in [-0.2, -0.15) is 0 Å². The molecule has 1 nitrogen and oxygen atoms in total. The van der Waals surface area contributed by atoms with Crippen molar-refractivity contribution in [3.63, 3.8) is 0 Å². The van der Waals surface area contributed by atoms with Gasteiger partial charge in [-0.15, -0.1) is 6.58 Å². The minimum absolute atomic E-state index is 0.250. The second-order valence-corrected chi connectivity index (χ2v) is 5.24. The van der Waals surface area contributed by atoms with Crippen molar-refractivity contribution < 1.29 is 5.11 Å². The van der Waals surface area contributed by atoms with Crippen LogP contribution in [0.5, 0.6) is 0 Å². The summed E-state index contributed by atoms with van der Waals surface area (Å²) in [6, 6.07) is 0. The van der Waals surface area contributed by atoms with Gasteiger partial charge < -0.3 is 5.11 Å². The number of hydrogen-bond acceptors (Lipinski definition) is 1. The van der Waals surface area contributed by atoms with Crippen molar-refractivity contribution in [3.8, 4) is 0 Å². The second kappa shape index (κ2) is 3.90. The Kier molecular flexibility index (Phi) is 3.20. The molecule has 14 heavy (non-hydrogen) atoms. The van der Waals surface area contributed by atoms with Crippen LogP contribution in [0.25, 0.3) is 0 Å². The fourth-order valence-corrected chi connectivity index (χ4v) is 1.92. The highest BCUT2D eigenvalue weighted by molar-refractivity contribution is 5.13. The average Bonchev–Trinajstić information content (AvgIpc) is 2.11. The van der Waals surface area contributed by atoms with E-state index in [1.807, 2.05) is 12.2 Å². The predicted octanol–water partition coefficient (Wildman–Crippen LogP) is 3.31. The van der Waals surface area contributed by atoms with Crippen LogP contribution in [0.3, 0.4) is 0 Å². The maximum Gasteiger partial charge on any atom is 0.0856 e. The topological polar surface area (TPSA) is 20.2 Å². The molecule has 2 atom stereocenters. The van der Waals surface area contributed by atoms with Crippen LogP contribution in [0.1, 0.15) is 40.0 Å². The van der Waals surface area contributed by atoms with Crippen LogP contribution in [-0.2, 0) is 0 Å². The first-order valence-electron chi connectivity index (χ1n) is 5.43. The van der Waals surface area contributed by atoms with Gasteiger partial charge in [0.2, 0.25) is 0 Å². The molecule has 0 aromatic heterocycles. The molecule has 0 aromatic rings. The van der Waals surface area contributed by atoms with Crippen LogP contribution in [0.2, 0.25) is 0 Å². The molecule has 0 saturated heterocycles. The van der Waals surface area contributed by atoms with Crippen molar-refractivity contribution in [1.82, 2.24) is 0 Å². The highest BCUT2D eigenvalue weighted by Crippen LogP contribution is 2.38. The summed E-state index contributed by atoms with van der Waals surface area (Å²) in [4.78, 5) is 0. The summed E-state index contributed by atoms with van der Waals surface area (Å²) in [7, 11) is 0. The zero-order valence-corrected chi connectivity index (χ0v) is 9.59. The van der Waals surface area contributed by atoms with Crippen molar-refractivity contribution in [2.75, 3.05) is 0 Å². The molecule has 0 radical (unpaired) electrons. The Morgan fingerprint density at radius 1 is 1.43 bits per heavy atom. The van der Waals surface area contributed by atoms with Gasteiger partial charge in [-0.25, -0.2) is 0 Å². The minimum atomic E-state index is -0.607. The van der Waals surface area contributed by atoms with Crippen LogP contribution in [0.15, 0.2) is 24.8 Å². The van der Waals surface area contributed by atoms with Crippen molar-refractivity contribution in [1.29, 1.82) is 0 Å². The summed E-state index contributed by atoms with van der Waals surface area (Å²) < 4.78 is 0. The third kappa shape index (κ3) is 2.48. The monoisotopic (exact) mass is 194 g/mol. The van der Waals surface area contributed by atoms with Crippen LogP contribution in [0.4, 0.5) is 0 Å². The number of allylic oxidation sites excluding steroid dienone is 2. The fraction of sp³-hybridized carbons (Fsp3) is 0.692. The average molecular weight is 194 g/mol. The van der Waals surface area contributed by atoms with Gasteiger partial charge in [0.25, 0.3) is 0 Å². The first kappa shape index (κ1) is 11.5. The van der Waals surface area contributed by atoms with Crippen molar-refractivity contribution in [3.05, 3.63) is 24.8 Å². The molecule has 0 saturated carbocycles. The quantitative estimate of drug-likeness (QED) is 0.683. The molecule has 1 aliphatic carbocycles. The van der Waals surface area contributed by atoms with Crippen molar-refractivity contribution >= 4 is 0 Å². The second-order valence-electron chi connectivity index (χ2n) is 5.24. The highest BCUT2D eigenvalue weighted by atomic mass is 16.3. The molecule has 2 unspecified atom stereocenters. The van der Waals surface area contributed by atoms with E-state index in [0.29, 0.717) is 0 Å². The number of rotatable bonds is 3. The van der Waals surface area contributed by atoms with E-state index in [9.17, 15) is 5.11 Å². The summed E-state index contributed by atoms with van der Waals surface area (Å²) in [5, 5.41) is 10.4. The molecule has 0 aliphatic heterocycles. The van der Waals surface area contributed by atoms with Gasteiger partial charge in [0, 0.05) is 0 Å². The van der Waals surface area contributed by atoms with Gasteiger partial charge in [-0.05, 0) is 30.6 Å². The Morgan fingerprint density at radius 2 is 2.07 bits per heavy atom. The molecule has 1 heteroatoms. The lowest BCUT2D eigenvalue weighted by Crippen LogP contribution is -2.38. The molecule has 0 amide bonds. The third-order valence-corrected chi connectivity index (χ3v) is 3.37. The largest absolute Gasteiger partial charge is 0.386 e. The van der Waals surface area contributed by atoms with Gasteiger partial charge in [-0.3, -0.25) is 0 Å². The van der Waals surface area contributed by atoms with Crippen molar-refractivity contribution in [2.24, 2.45) is 11.3 Å². The summed E-state index contributed by atoms with van der Waals surface area (Å²) in [5.74, 6) is 0.271. The molecule has 0 bridgehead atoms. The lowest BCUT2D eigenvalue weighted by atomic mass is 9.72. The summed E-state index contributed by atoms with van der Waals surface area (Å²) in [6.07, 6.45) is 8.82. The maximum atomic E-state index is 10.4. The van der Waals surface area contributed by atoms with E-state index < -0.39 is 5.60 Å². The SMILES string of the molecule is C=CCC(C)C1(O)C=CC(C)(C)CC1. The summed E-state index contributed by atoms with van der Waals surface area (Å²) >= 11 is 0. The summed E-state index contributed by atoms with van der Waals surface area (Å²) in [6.45, 7) is 10.2. The highest BCUT2D eigenvalue weighted by Gasteiger charge is 2.35. The zero-order valence-electron chi connectivity index (χ0n) is 9.59. The van der Waals surface area contributed by atoms with Crippen LogP contribution in [0, 0.1) is 11.3 Å².